The van der Waals surface area contributed by atoms with Gasteiger partial charge in [-0.2, -0.15) is 0 Å². The second-order valence-corrected chi connectivity index (χ2v) is 2.47. The molecule has 0 aromatic heterocycles. The minimum absolute atomic E-state index is 0.205. The van der Waals surface area contributed by atoms with E-state index in [1.54, 1.807) is 7.11 Å². The maximum Gasteiger partial charge on any atom is 0.0601 e. The lowest BCUT2D eigenvalue weighted by Crippen LogP contribution is -2.42. The number of rotatable bonds is 3. The Labute approximate surface area is 60.7 Å². The van der Waals surface area contributed by atoms with Gasteiger partial charge in [0.2, 0.25) is 0 Å². The summed E-state index contributed by atoms with van der Waals surface area (Å²) in [5.41, 5.74) is 2.72. The molecule has 60 valence electrons. The Morgan fingerprint density at radius 3 is 3.20 bits per heavy atom. The quantitative estimate of drug-likeness (QED) is 0.527. The van der Waals surface area contributed by atoms with Gasteiger partial charge in [-0.05, 0) is 12.8 Å². The van der Waals surface area contributed by atoms with Gasteiger partial charge in [0.25, 0.3) is 0 Å². The van der Waals surface area contributed by atoms with Crippen LogP contribution in [0.1, 0.15) is 12.8 Å². The fourth-order valence-electron chi connectivity index (χ4n) is 1.26. The Bertz CT molecular complexity index is 99.7. The molecule has 1 rings (SSSR count). The van der Waals surface area contributed by atoms with Crippen molar-refractivity contribution in [1.82, 2.24) is 10.6 Å². The highest BCUT2D eigenvalue weighted by Crippen LogP contribution is 2.13. The van der Waals surface area contributed by atoms with Gasteiger partial charge in [-0.15, -0.1) is 5.59 Å². The molecule has 0 saturated carbocycles. The van der Waals surface area contributed by atoms with Crippen LogP contribution in [-0.2, 0) is 4.84 Å². The summed E-state index contributed by atoms with van der Waals surface area (Å²) in [7, 11) is 1.58. The van der Waals surface area contributed by atoms with E-state index in [-0.39, 0.29) is 12.6 Å². The average Bonchev–Trinajstić information content (AvgIpc) is 2.36. The highest BCUT2D eigenvalue weighted by molar-refractivity contribution is 4.73. The fourth-order valence-corrected chi connectivity index (χ4v) is 1.26. The van der Waals surface area contributed by atoms with E-state index in [0.717, 1.165) is 19.4 Å². The normalized spacial score (nSPS) is 27.6. The van der Waals surface area contributed by atoms with Crippen LogP contribution in [0.25, 0.3) is 0 Å². The molecule has 1 heterocycles. The number of nitrogens with zero attached hydrogens (tertiary/aromatic N) is 1. The van der Waals surface area contributed by atoms with Gasteiger partial charge in [0.05, 0.1) is 13.7 Å². The molecule has 1 aliphatic rings. The maximum atomic E-state index is 8.83. The molecule has 0 aliphatic carbocycles. The first-order valence-corrected chi connectivity index (χ1v) is 3.54. The summed E-state index contributed by atoms with van der Waals surface area (Å²) in [6.45, 7) is 1.16. The van der Waals surface area contributed by atoms with Gasteiger partial charge in [0.15, 0.2) is 0 Å². The molecule has 0 aromatic rings. The van der Waals surface area contributed by atoms with Gasteiger partial charge in [-0.3, -0.25) is 4.84 Å². The summed E-state index contributed by atoms with van der Waals surface area (Å²) >= 11 is 0. The summed E-state index contributed by atoms with van der Waals surface area (Å²) in [5.74, 6) is 0. The van der Waals surface area contributed by atoms with Crippen LogP contribution in [0, 0.1) is 0 Å². The second-order valence-electron chi connectivity index (χ2n) is 2.47. The van der Waals surface area contributed by atoms with Crippen molar-refractivity contribution in [3.63, 3.8) is 0 Å². The van der Waals surface area contributed by atoms with Crippen molar-refractivity contribution in [2.75, 3.05) is 20.3 Å². The second kappa shape index (κ2) is 3.88. The topological polar surface area (TPSA) is 44.7 Å². The Morgan fingerprint density at radius 2 is 2.60 bits per heavy atom. The van der Waals surface area contributed by atoms with Crippen LogP contribution < -0.4 is 5.59 Å². The zero-order chi connectivity index (χ0) is 7.40. The van der Waals surface area contributed by atoms with Crippen molar-refractivity contribution >= 4 is 0 Å². The molecular weight excluding hydrogens is 132 g/mol. The van der Waals surface area contributed by atoms with Crippen LogP contribution in [0.3, 0.4) is 0 Å². The largest absolute Gasteiger partial charge is 0.395 e. The molecule has 1 fully saturated rings. The minimum atomic E-state index is 0.205. The fraction of sp³-hybridized carbons (Fsp3) is 1.00. The van der Waals surface area contributed by atoms with Crippen LogP contribution in [0.5, 0.6) is 0 Å². The minimum Gasteiger partial charge on any atom is -0.395 e. The van der Waals surface area contributed by atoms with Crippen molar-refractivity contribution in [2.24, 2.45) is 0 Å². The lowest BCUT2D eigenvalue weighted by atomic mass is 10.2. The van der Waals surface area contributed by atoms with Crippen LogP contribution in [-0.4, -0.2) is 36.4 Å². The van der Waals surface area contributed by atoms with Gasteiger partial charge in [0, 0.05) is 12.6 Å². The van der Waals surface area contributed by atoms with Crippen molar-refractivity contribution in [3.8, 4) is 0 Å². The third-order valence-electron chi connectivity index (χ3n) is 1.80. The lowest BCUT2D eigenvalue weighted by molar-refractivity contribution is -0.0715. The zero-order valence-corrected chi connectivity index (χ0v) is 6.21. The molecule has 4 nitrogen and oxygen atoms in total. The molecule has 0 bridgehead atoms. The number of nitrogens with one attached hydrogen (secondary N) is 1. The molecule has 2 N–H and O–H groups in total. The van der Waals surface area contributed by atoms with E-state index in [2.05, 4.69) is 5.59 Å². The van der Waals surface area contributed by atoms with E-state index in [9.17, 15) is 0 Å². The number of aliphatic hydroxyl groups excluding tert-OH is 1. The van der Waals surface area contributed by atoms with Crippen LogP contribution in [0.2, 0.25) is 0 Å². The van der Waals surface area contributed by atoms with E-state index in [1.165, 1.54) is 0 Å². The molecule has 4 heteroatoms. The molecule has 0 aromatic carbocycles. The Balaban J connectivity index is 2.27. The highest BCUT2D eigenvalue weighted by atomic mass is 16.7. The first-order valence-electron chi connectivity index (χ1n) is 3.54. The van der Waals surface area contributed by atoms with Gasteiger partial charge in [-0.1, -0.05) is 0 Å². The zero-order valence-electron chi connectivity index (χ0n) is 6.21. The van der Waals surface area contributed by atoms with Crippen LogP contribution in [0.4, 0.5) is 0 Å². The summed E-state index contributed by atoms with van der Waals surface area (Å²) < 4.78 is 0. The van der Waals surface area contributed by atoms with Crippen molar-refractivity contribution < 1.29 is 9.94 Å². The molecular formula is C6H14N2O2. The van der Waals surface area contributed by atoms with Gasteiger partial charge < -0.3 is 5.11 Å². The Kier molecular flexibility index (Phi) is 3.08. The van der Waals surface area contributed by atoms with Gasteiger partial charge in [0.1, 0.15) is 0 Å². The Morgan fingerprint density at radius 1 is 1.80 bits per heavy atom. The summed E-state index contributed by atoms with van der Waals surface area (Å²) in [6.07, 6.45) is 2.18. The van der Waals surface area contributed by atoms with E-state index >= 15 is 0 Å². The molecule has 0 spiro atoms. The SMILES string of the molecule is CONN1CCC[C@H]1CO. The van der Waals surface area contributed by atoms with Crippen molar-refractivity contribution in [2.45, 2.75) is 18.9 Å². The summed E-state index contributed by atoms with van der Waals surface area (Å²) in [5, 5.41) is 10.7. The average molecular weight is 146 g/mol. The summed E-state index contributed by atoms with van der Waals surface area (Å²) in [6, 6.07) is 0.236. The van der Waals surface area contributed by atoms with E-state index in [4.69, 9.17) is 9.94 Å². The standard InChI is InChI=1S/C6H14N2O2/c1-10-7-8-4-2-3-6(8)5-9/h6-7,9H,2-5H2,1H3/t6-/m0/s1. The van der Waals surface area contributed by atoms with Gasteiger partial charge >= 0.3 is 0 Å². The molecule has 1 aliphatic heterocycles. The van der Waals surface area contributed by atoms with Crippen LogP contribution >= 0.6 is 0 Å². The first-order chi connectivity index (χ1) is 4.88. The Hall–Kier alpha value is -0.160. The predicted octanol–water partition coefficient (Wildman–Crippen LogP) is -0.491. The number of hydrogen-bond donors (Lipinski definition) is 2. The molecule has 0 unspecified atom stereocenters. The third kappa shape index (κ3) is 1.67. The third-order valence-corrected chi connectivity index (χ3v) is 1.80. The molecule has 10 heavy (non-hydrogen) atoms. The van der Waals surface area contributed by atoms with Gasteiger partial charge in [-0.25, -0.2) is 5.01 Å². The smallest absolute Gasteiger partial charge is 0.0601 e. The lowest BCUT2D eigenvalue weighted by Gasteiger charge is -2.21. The molecule has 0 radical (unpaired) electrons. The van der Waals surface area contributed by atoms with E-state index < -0.39 is 0 Å². The van der Waals surface area contributed by atoms with E-state index in [0.29, 0.717) is 0 Å². The number of hydrazine groups is 1. The monoisotopic (exact) mass is 146 g/mol. The first kappa shape index (κ1) is 7.94. The maximum absolute atomic E-state index is 8.83. The van der Waals surface area contributed by atoms with Crippen molar-refractivity contribution in [1.29, 1.82) is 0 Å². The van der Waals surface area contributed by atoms with Crippen molar-refractivity contribution in [3.05, 3.63) is 0 Å². The molecule has 1 saturated heterocycles. The van der Waals surface area contributed by atoms with Crippen LogP contribution in [0.15, 0.2) is 0 Å². The predicted molar refractivity (Wildman–Crippen MR) is 37.0 cm³/mol. The van der Waals surface area contributed by atoms with E-state index in [1.807, 2.05) is 5.01 Å². The summed E-state index contributed by atoms with van der Waals surface area (Å²) in [4.78, 5) is 4.72. The molecule has 0 amide bonds. The number of hydrogen-bond acceptors (Lipinski definition) is 4. The highest BCUT2D eigenvalue weighted by Gasteiger charge is 2.22. The molecule has 1 atom stereocenters. The number of aliphatic hydroxyl groups is 1.